The van der Waals surface area contributed by atoms with Crippen molar-refractivity contribution in [3.8, 4) is 11.1 Å². The Morgan fingerprint density at radius 2 is 1.46 bits per heavy atom. The number of hydrogen-bond acceptors (Lipinski definition) is 1. The van der Waals surface area contributed by atoms with E-state index in [1.165, 1.54) is 27.6 Å². The fourth-order valence-electron chi connectivity index (χ4n) is 4.81. The first-order valence-electron chi connectivity index (χ1n) is 12.1. The molecule has 0 saturated heterocycles. The third kappa shape index (κ3) is 4.23. The SMILES string of the molecule is C1=C=C(c2cc3ccccc3cc2N(C2=CC=CCC2)c2ccc(-c3ccccc3)cc2)C=CC=1. The molecule has 0 N–H and O–H groups in total. The molecule has 166 valence electrons. The molecule has 0 bridgehead atoms. The third-order valence-electron chi connectivity index (χ3n) is 6.56. The fraction of sp³-hybridized carbons (Fsp3) is 0.0588. The minimum Gasteiger partial charge on any atom is -0.314 e. The van der Waals surface area contributed by atoms with Crippen LogP contribution in [0, 0.1) is 0 Å². The summed E-state index contributed by atoms with van der Waals surface area (Å²) in [6.45, 7) is 0. The molecule has 0 spiro atoms. The van der Waals surface area contributed by atoms with E-state index in [2.05, 4.69) is 132 Å². The van der Waals surface area contributed by atoms with Crippen LogP contribution >= 0.6 is 0 Å². The highest BCUT2D eigenvalue weighted by atomic mass is 15.2. The van der Waals surface area contributed by atoms with Crippen LogP contribution in [0.5, 0.6) is 0 Å². The molecule has 6 rings (SSSR count). The Morgan fingerprint density at radius 3 is 2.17 bits per heavy atom. The van der Waals surface area contributed by atoms with Gasteiger partial charge in [0.1, 0.15) is 0 Å². The van der Waals surface area contributed by atoms with Crippen LogP contribution < -0.4 is 4.90 Å². The quantitative estimate of drug-likeness (QED) is 0.276. The number of anilines is 2. The lowest BCUT2D eigenvalue weighted by Gasteiger charge is -2.31. The molecule has 0 atom stereocenters. The topological polar surface area (TPSA) is 3.24 Å². The zero-order valence-electron chi connectivity index (χ0n) is 19.5. The summed E-state index contributed by atoms with van der Waals surface area (Å²) in [5.41, 5.74) is 14.7. The lowest BCUT2D eigenvalue weighted by molar-refractivity contribution is 0.917. The Morgan fingerprint density at radius 1 is 0.714 bits per heavy atom. The minimum absolute atomic E-state index is 0.994. The van der Waals surface area contributed by atoms with E-state index in [0.29, 0.717) is 0 Å². The van der Waals surface area contributed by atoms with Gasteiger partial charge in [-0.15, -0.1) is 0 Å². The predicted molar refractivity (Wildman–Crippen MR) is 149 cm³/mol. The van der Waals surface area contributed by atoms with Gasteiger partial charge in [0, 0.05) is 22.5 Å². The molecule has 4 aromatic carbocycles. The fourth-order valence-corrected chi connectivity index (χ4v) is 4.81. The maximum Gasteiger partial charge on any atom is 0.0549 e. The molecule has 0 aliphatic heterocycles. The van der Waals surface area contributed by atoms with E-state index in [1.54, 1.807) is 0 Å². The van der Waals surface area contributed by atoms with E-state index in [1.807, 2.05) is 12.2 Å². The largest absolute Gasteiger partial charge is 0.314 e. The van der Waals surface area contributed by atoms with Crippen molar-refractivity contribution in [3.05, 3.63) is 150 Å². The van der Waals surface area contributed by atoms with Gasteiger partial charge in [-0.2, -0.15) is 0 Å². The summed E-state index contributed by atoms with van der Waals surface area (Å²) < 4.78 is 0. The maximum absolute atomic E-state index is 3.34. The highest BCUT2D eigenvalue weighted by molar-refractivity contribution is 5.96. The van der Waals surface area contributed by atoms with Gasteiger partial charge in [-0.3, -0.25) is 0 Å². The van der Waals surface area contributed by atoms with Crippen molar-refractivity contribution in [3.63, 3.8) is 0 Å². The molecule has 1 heteroatoms. The average Bonchev–Trinajstić information content (AvgIpc) is 2.95. The molecule has 1 nitrogen and oxygen atoms in total. The van der Waals surface area contributed by atoms with E-state index in [4.69, 9.17) is 0 Å². The van der Waals surface area contributed by atoms with E-state index in [9.17, 15) is 0 Å². The van der Waals surface area contributed by atoms with Gasteiger partial charge in [-0.1, -0.05) is 96.4 Å². The summed E-state index contributed by atoms with van der Waals surface area (Å²) >= 11 is 0. The highest BCUT2D eigenvalue weighted by Crippen LogP contribution is 2.41. The van der Waals surface area contributed by atoms with Crippen molar-refractivity contribution in [2.24, 2.45) is 0 Å². The van der Waals surface area contributed by atoms with Crippen LogP contribution in [0.1, 0.15) is 18.4 Å². The lowest BCUT2D eigenvalue weighted by atomic mass is 9.96. The van der Waals surface area contributed by atoms with Gasteiger partial charge in [-0.05, 0) is 77.2 Å². The molecular formula is C34H25N. The summed E-state index contributed by atoms with van der Waals surface area (Å²) in [7, 11) is 0. The highest BCUT2D eigenvalue weighted by Gasteiger charge is 2.21. The van der Waals surface area contributed by atoms with Gasteiger partial charge in [0.05, 0.1) is 5.69 Å². The van der Waals surface area contributed by atoms with E-state index < -0.39 is 0 Å². The first kappa shape index (κ1) is 21.0. The molecule has 0 amide bonds. The number of benzene rings is 4. The van der Waals surface area contributed by atoms with Gasteiger partial charge in [0.25, 0.3) is 0 Å². The first-order valence-corrected chi connectivity index (χ1v) is 12.1. The Bertz CT molecular complexity index is 1580. The second-order valence-corrected chi connectivity index (χ2v) is 8.80. The summed E-state index contributed by atoms with van der Waals surface area (Å²) in [6, 6.07) is 32.6. The van der Waals surface area contributed by atoms with E-state index in [-0.39, 0.29) is 0 Å². The number of nitrogens with zero attached hydrogens (tertiary/aromatic N) is 1. The van der Waals surface area contributed by atoms with Gasteiger partial charge < -0.3 is 4.90 Å². The van der Waals surface area contributed by atoms with E-state index in [0.717, 1.165) is 35.4 Å². The van der Waals surface area contributed by atoms with Crippen LogP contribution in [-0.4, -0.2) is 0 Å². The molecule has 0 unspecified atom stereocenters. The van der Waals surface area contributed by atoms with Crippen molar-refractivity contribution < 1.29 is 0 Å². The molecular weight excluding hydrogens is 422 g/mol. The molecule has 0 heterocycles. The lowest BCUT2D eigenvalue weighted by Crippen LogP contribution is -2.18. The summed E-state index contributed by atoms with van der Waals surface area (Å²) in [5.74, 6) is 0. The zero-order valence-corrected chi connectivity index (χ0v) is 19.5. The van der Waals surface area contributed by atoms with E-state index >= 15 is 0 Å². The summed E-state index contributed by atoms with van der Waals surface area (Å²) in [6.07, 6.45) is 14.7. The standard InChI is InChI=1S/C34H25N/c1-4-12-26(13-5-1)27-20-22-32(23-21-27)35(31-18-8-3-9-19-31)34-25-30-17-11-10-16-29(30)24-33(34)28-14-6-2-7-15-28/h1-6,8,10-14,16-18,20-25H,9,19H2. The van der Waals surface area contributed by atoms with Crippen molar-refractivity contribution in [2.45, 2.75) is 12.8 Å². The normalized spacial score (nSPS) is 14.2. The Balaban J connectivity index is 1.56. The minimum atomic E-state index is 0.994. The van der Waals surface area contributed by atoms with Crippen molar-refractivity contribution in [2.75, 3.05) is 4.90 Å². The van der Waals surface area contributed by atoms with Gasteiger partial charge in [0.15, 0.2) is 0 Å². The summed E-state index contributed by atoms with van der Waals surface area (Å²) in [5, 5.41) is 2.45. The number of rotatable bonds is 5. The van der Waals surface area contributed by atoms with Crippen molar-refractivity contribution in [1.29, 1.82) is 0 Å². The zero-order chi connectivity index (χ0) is 23.5. The molecule has 2 aliphatic carbocycles. The average molecular weight is 448 g/mol. The molecule has 0 saturated carbocycles. The van der Waals surface area contributed by atoms with Gasteiger partial charge in [-0.25, -0.2) is 0 Å². The van der Waals surface area contributed by atoms with Crippen LogP contribution in [0.3, 0.4) is 0 Å². The third-order valence-corrected chi connectivity index (χ3v) is 6.56. The second kappa shape index (κ2) is 9.37. The number of hydrogen-bond donors (Lipinski definition) is 0. The van der Waals surface area contributed by atoms with Crippen LogP contribution in [-0.2, 0) is 0 Å². The smallest absolute Gasteiger partial charge is 0.0549 e. The predicted octanol–water partition coefficient (Wildman–Crippen LogP) is 9.14. The van der Waals surface area contributed by atoms with Crippen LogP contribution in [0.4, 0.5) is 11.4 Å². The Labute approximate surface area is 206 Å². The molecule has 4 aromatic rings. The van der Waals surface area contributed by atoms with Crippen molar-refractivity contribution >= 4 is 27.7 Å². The van der Waals surface area contributed by atoms with Crippen molar-refractivity contribution in [1.82, 2.24) is 0 Å². The molecule has 0 fully saturated rings. The summed E-state index contributed by atoms with van der Waals surface area (Å²) in [4.78, 5) is 2.42. The van der Waals surface area contributed by atoms with Crippen LogP contribution in [0.25, 0.3) is 27.5 Å². The number of allylic oxidation sites excluding steroid dienone is 8. The Hall–Kier alpha value is -4.54. The molecule has 2 aliphatic rings. The second-order valence-electron chi connectivity index (χ2n) is 8.80. The molecule has 0 aromatic heterocycles. The van der Waals surface area contributed by atoms with Gasteiger partial charge in [0.2, 0.25) is 0 Å². The van der Waals surface area contributed by atoms with Crippen LogP contribution in [0.2, 0.25) is 0 Å². The monoisotopic (exact) mass is 447 g/mol. The maximum atomic E-state index is 3.34. The number of fused-ring (bicyclic) bond motifs is 1. The van der Waals surface area contributed by atoms with Gasteiger partial charge >= 0.3 is 0 Å². The van der Waals surface area contributed by atoms with Crippen LogP contribution in [0.15, 0.2) is 145 Å². The first-order chi connectivity index (χ1) is 17.4. The Kier molecular flexibility index (Phi) is 5.63. The molecule has 0 radical (unpaired) electrons. The molecule has 35 heavy (non-hydrogen) atoms.